The predicted molar refractivity (Wildman–Crippen MR) is 88.6 cm³/mol. The average molecular weight is 308 g/mol. The predicted octanol–water partition coefficient (Wildman–Crippen LogP) is 2.31. The molecule has 5 heteroatoms. The van der Waals surface area contributed by atoms with Crippen LogP contribution in [0.25, 0.3) is 0 Å². The number of hydrogen-bond acceptors (Lipinski definition) is 5. The Balaban J connectivity index is 1.44. The zero-order chi connectivity index (χ0) is 14.7. The molecule has 118 valence electrons. The Labute approximate surface area is 132 Å². The maximum atomic E-state index is 4.78. The smallest absolute Gasteiger partial charge is 0.107 e. The third kappa shape index (κ3) is 4.49. The number of nitrogens with zero attached hydrogens (tertiary/aromatic N) is 3. The minimum atomic E-state index is 0.725. The molecule has 0 bridgehead atoms. The van der Waals surface area contributed by atoms with Crippen molar-refractivity contribution in [2.75, 3.05) is 26.7 Å². The minimum Gasteiger partial charge on any atom is -0.308 e. The minimum absolute atomic E-state index is 0.725. The molecule has 1 saturated carbocycles. The van der Waals surface area contributed by atoms with Crippen LogP contribution >= 0.6 is 11.3 Å². The fourth-order valence-electron chi connectivity index (χ4n) is 3.08. The van der Waals surface area contributed by atoms with E-state index in [0.29, 0.717) is 0 Å². The molecule has 1 N–H and O–H groups in total. The molecule has 1 aromatic heterocycles. The highest BCUT2D eigenvalue weighted by Gasteiger charge is 2.23. The maximum absolute atomic E-state index is 4.78. The van der Waals surface area contributed by atoms with Crippen molar-refractivity contribution < 1.29 is 0 Å². The summed E-state index contributed by atoms with van der Waals surface area (Å²) < 4.78 is 0. The van der Waals surface area contributed by atoms with Gasteiger partial charge in [-0.2, -0.15) is 0 Å². The lowest BCUT2D eigenvalue weighted by Crippen LogP contribution is -2.42. The van der Waals surface area contributed by atoms with Crippen molar-refractivity contribution in [3.8, 4) is 0 Å². The Morgan fingerprint density at radius 2 is 2.10 bits per heavy atom. The molecule has 3 rings (SSSR count). The van der Waals surface area contributed by atoms with Crippen LogP contribution in [-0.2, 0) is 13.1 Å². The van der Waals surface area contributed by atoms with Gasteiger partial charge in [0, 0.05) is 30.6 Å². The number of nitrogens with one attached hydrogen (secondary N) is 1. The number of thiazole rings is 1. The van der Waals surface area contributed by atoms with Gasteiger partial charge < -0.3 is 10.2 Å². The van der Waals surface area contributed by atoms with Gasteiger partial charge in [-0.3, -0.25) is 4.90 Å². The van der Waals surface area contributed by atoms with Gasteiger partial charge in [-0.15, -0.1) is 11.3 Å². The molecule has 2 fully saturated rings. The molecular formula is C16H28N4S. The molecule has 1 aromatic rings. The largest absolute Gasteiger partial charge is 0.308 e. The summed E-state index contributed by atoms with van der Waals surface area (Å²) >= 11 is 1.80. The highest BCUT2D eigenvalue weighted by atomic mass is 32.1. The van der Waals surface area contributed by atoms with Crippen LogP contribution < -0.4 is 5.32 Å². The SMILES string of the molecule is CCN1CCC(N(C)Cc2csc(CNC3CC3)n2)CC1. The van der Waals surface area contributed by atoms with Gasteiger partial charge in [0.2, 0.25) is 0 Å². The second-order valence-corrected chi connectivity index (χ2v) is 7.41. The summed E-state index contributed by atoms with van der Waals surface area (Å²) in [6.45, 7) is 7.90. The summed E-state index contributed by atoms with van der Waals surface area (Å²) in [6, 6.07) is 1.49. The molecule has 2 heterocycles. The zero-order valence-electron chi connectivity index (χ0n) is 13.3. The van der Waals surface area contributed by atoms with Crippen molar-refractivity contribution in [2.24, 2.45) is 0 Å². The van der Waals surface area contributed by atoms with Crippen LogP contribution in [0.15, 0.2) is 5.38 Å². The Hall–Kier alpha value is -0.490. The molecule has 0 aromatic carbocycles. The van der Waals surface area contributed by atoms with E-state index in [9.17, 15) is 0 Å². The van der Waals surface area contributed by atoms with E-state index >= 15 is 0 Å². The normalized spacial score (nSPS) is 21.3. The summed E-state index contributed by atoms with van der Waals surface area (Å²) in [5, 5.41) is 7.02. The van der Waals surface area contributed by atoms with Crippen molar-refractivity contribution >= 4 is 11.3 Å². The summed E-state index contributed by atoms with van der Waals surface area (Å²) in [5.74, 6) is 0. The highest BCUT2D eigenvalue weighted by molar-refractivity contribution is 7.09. The van der Waals surface area contributed by atoms with Crippen molar-refractivity contribution in [1.82, 2.24) is 20.1 Å². The summed E-state index contributed by atoms with van der Waals surface area (Å²) in [6.07, 6.45) is 5.28. The van der Waals surface area contributed by atoms with Crippen LogP contribution in [-0.4, -0.2) is 53.5 Å². The van der Waals surface area contributed by atoms with Gasteiger partial charge in [0.05, 0.1) is 5.69 Å². The van der Waals surface area contributed by atoms with E-state index < -0.39 is 0 Å². The number of likely N-dealkylation sites (tertiary alicyclic amines) is 1. The molecule has 1 aliphatic carbocycles. The molecule has 0 spiro atoms. The highest BCUT2D eigenvalue weighted by Crippen LogP contribution is 2.21. The van der Waals surface area contributed by atoms with E-state index in [1.54, 1.807) is 11.3 Å². The lowest BCUT2D eigenvalue weighted by atomic mass is 10.0. The fourth-order valence-corrected chi connectivity index (χ4v) is 3.82. The summed E-state index contributed by atoms with van der Waals surface area (Å²) in [5.41, 5.74) is 1.24. The molecule has 21 heavy (non-hydrogen) atoms. The van der Waals surface area contributed by atoms with Gasteiger partial charge in [0.15, 0.2) is 0 Å². The Morgan fingerprint density at radius 1 is 1.33 bits per heavy atom. The van der Waals surface area contributed by atoms with E-state index in [-0.39, 0.29) is 0 Å². The van der Waals surface area contributed by atoms with Gasteiger partial charge in [0.1, 0.15) is 5.01 Å². The van der Waals surface area contributed by atoms with Gasteiger partial charge in [0.25, 0.3) is 0 Å². The number of rotatable bonds is 7. The first kappa shape index (κ1) is 15.4. The second kappa shape index (κ2) is 7.18. The third-order valence-corrected chi connectivity index (χ3v) is 5.66. The monoisotopic (exact) mass is 308 g/mol. The van der Waals surface area contributed by atoms with Gasteiger partial charge in [-0.05, 0) is 52.4 Å². The fraction of sp³-hybridized carbons (Fsp3) is 0.812. The molecule has 0 radical (unpaired) electrons. The van der Waals surface area contributed by atoms with Gasteiger partial charge in [-0.25, -0.2) is 4.98 Å². The van der Waals surface area contributed by atoms with Crippen LogP contribution in [0.3, 0.4) is 0 Å². The molecule has 1 saturated heterocycles. The number of piperidine rings is 1. The molecular weight excluding hydrogens is 280 g/mol. The van der Waals surface area contributed by atoms with E-state index in [1.165, 1.54) is 56.0 Å². The quantitative estimate of drug-likeness (QED) is 0.837. The van der Waals surface area contributed by atoms with Gasteiger partial charge >= 0.3 is 0 Å². The molecule has 0 amide bonds. The molecule has 4 nitrogen and oxygen atoms in total. The first-order chi connectivity index (χ1) is 10.2. The van der Waals surface area contributed by atoms with E-state index in [1.807, 2.05) is 0 Å². The molecule has 1 aliphatic heterocycles. The van der Waals surface area contributed by atoms with Crippen LogP contribution in [0.5, 0.6) is 0 Å². The molecule has 2 aliphatic rings. The Morgan fingerprint density at radius 3 is 2.76 bits per heavy atom. The van der Waals surface area contributed by atoms with E-state index in [0.717, 1.165) is 25.2 Å². The van der Waals surface area contributed by atoms with E-state index in [4.69, 9.17) is 4.98 Å². The number of hydrogen-bond donors (Lipinski definition) is 1. The van der Waals surface area contributed by atoms with Gasteiger partial charge in [-0.1, -0.05) is 6.92 Å². The first-order valence-electron chi connectivity index (χ1n) is 8.34. The zero-order valence-corrected chi connectivity index (χ0v) is 14.2. The van der Waals surface area contributed by atoms with Crippen LogP contribution in [0, 0.1) is 0 Å². The van der Waals surface area contributed by atoms with Crippen molar-refractivity contribution in [3.63, 3.8) is 0 Å². The van der Waals surface area contributed by atoms with Crippen LogP contribution in [0.1, 0.15) is 43.3 Å². The lowest BCUT2D eigenvalue weighted by molar-refractivity contribution is 0.126. The lowest BCUT2D eigenvalue weighted by Gasteiger charge is -2.36. The van der Waals surface area contributed by atoms with Crippen LogP contribution in [0.4, 0.5) is 0 Å². The average Bonchev–Trinajstić information content (AvgIpc) is 3.25. The standard InChI is InChI=1S/C16H28N4S/c1-3-20-8-6-15(7-9-20)19(2)11-14-12-21-16(18-14)10-17-13-4-5-13/h12-13,15,17H,3-11H2,1-2H3. The van der Waals surface area contributed by atoms with Crippen LogP contribution in [0.2, 0.25) is 0 Å². The number of aromatic nitrogens is 1. The third-order valence-electron chi connectivity index (χ3n) is 4.76. The second-order valence-electron chi connectivity index (χ2n) is 6.47. The van der Waals surface area contributed by atoms with Crippen molar-refractivity contribution in [2.45, 2.75) is 57.8 Å². The van der Waals surface area contributed by atoms with Crippen molar-refractivity contribution in [3.05, 3.63) is 16.1 Å². The summed E-state index contributed by atoms with van der Waals surface area (Å²) in [7, 11) is 2.26. The Bertz CT molecular complexity index is 435. The molecule has 0 unspecified atom stereocenters. The Kier molecular flexibility index (Phi) is 5.27. The molecule has 0 atom stereocenters. The maximum Gasteiger partial charge on any atom is 0.107 e. The van der Waals surface area contributed by atoms with Crippen molar-refractivity contribution in [1.29, 1.82) is 0 Å². The summed E-state index contributed by atoms with van der Waals surface area (Å²) in [4.78, 5) is 9.83. The van der Waals surface area contributed by atoms with E-state index in [2.05, 4.69) is 34.5 Å². The topological polar surface area (TPSA) is 31.4 Å². The first-order valence-corrected chi connectivity index (χ1v) is 9.22.